The summed E-state index contributed by atoms with van der Waals surface area (Å²) in [5, 5.41) is 21.4. The largest absolute Gasteiger partial charge is 0.481 e. The van der Waals surface area contributed by atoms with Crippen LogP contribution in [-0.2, 0) is 11.3 Å². The van der Waals surface area contributed by atoms with Crippen molar-refractivity contribution >= 4 is 17.6 Å². The summed E-state index contributed by atoms with van der Waals surface area (Å²) in [5.41, 5.74) is 1.82. The summed E-state index contributed by atoms with van der Waals surface area (Å²) in [4.78, 5) is 10.5. The van der Waals surface area contributed by atoms with Crippen molar-refractivity contribution in [3.05, 3.63) is 46.9 Å². The Labute approximate surface area is 121 Å². The number of carboxylic acid groups (broad SMARTS) is 1. The first-order chi connectivity index (χ1) is 9.56. The van der Waals surface area contributed by atoms with Crippen LogP contribution in [-0.4, -0.2) is 20.9 Å². The topological polar surface area (TPSA) is 79.0 Å². The molecule has 0 saturated heterocycles. The second-order valence-corrected chi connectivity index (χ2v) is 4.77. The van der Waals surface area contributed by atoms with Gasteiger partial charge in [-0.25, -0.2) is 4.68 Å². The third kappa shape index (κ3) is 3.68. The van der Waals surface area contributed by atoms with Crippen molar-refractivity contribution in [1.82, 2.24) is 9.78 Å². The van der Waals surface area contributed by atoms with E-state index >= 15 is 0 Å². The molecular formula is C14H14ClN3O2. The van der Waals surface area contributed by atoms with Crippen LogP contribution in [0.15, 0.2) is 36.4 Å². The third-order valence-electron chi connectivity index (χ3n) is 2.79. The number of hydrogen-bond donors (Lipinski definition) is 2. The van der Waals surface area contributed by atoms with Gasteiger partial charge in [-0.2, -0.15) is 5.10 Å². The fourth-order valence-electron chi connectivity index (χ4n) is 1.81. The summed E-state index contributed by atoms with van der Waals surface area (Å²) in [7, 11) is 0. The second kappa shape index (κ2) is 6.34. The molecule has 0 spiro atoms. The van der Waals surface area contributed by atoms with Crippen LogP contribution in [0.2, 0.25) is 5.02 Å². The lowest BCUT2D eigenvalue weighted by Gasteiger charge is -2.08. The number of benzene rings is 1. The van der Waals surface area contributed by atoms with Crippen molar-refractivity contribution in [3.63, 3.8) is 0 Å². The summed E-state index contributed by atoms with van der Waals surface area (Å²) in [6, 6.07) is 10.7. The van der Waals surface area contributed by atoms with Crippen LogP contribution < -0.4 is 5.49 Å². The minimum absolute atomic E-state index is 0.0650. The molecule has 1 aromatic carbocycles. The van der Waals surface area contributed by atoms with Crippen molar-refractivity contribution in [2.75, 3.05) is 0 Å². The minimum Gasteiger partial charge on any atom is -0.481 e. The monoisotopic (exact) mass is 291 g/mol. The van der Waals surface area contributed by atoms with E-state index in [2.05, 4.69) is 5.10 Å². The molecule has 2 aromatic rings. The van der Waals surface area contributed by atoms with E-state index in [9.17, 15) is 4.79 Å². The molecule has 104 valence electrons. The summed E-state index contributed by atoms with van der Waals surface area (Å²) >= 11 is 5.95. The van der Waals surface area contributed by atoms with Gasteiger partial charge in [-0.15, -0.1) is 0 Å². The average Bonchev–Trinajstić information content (AvgIpc) is 2.40. The number of aryl methyl sites for hydroxylation is 1. The average molecular weight is 292 g/mol. The van der Waals surface area contributed by atoms with Crippen molar-refractivity contribution in [2.24, 2.45) is 0 Å². The molecule has 2 N–H and O–H groups in total. The van der Waals surface area contributed by atoms with E-state index in [1.54, 1.807) is 24.3 Å². The first-order valence-corrected chi connectivity index (χ1v) is 6.54. The van der Waals surface area contributed by atoms with Crippen LogP contribution in [0.5, 0.6) is 0 Å². The number of hydrogen-bond acceptors (Lipinski definition) is 3. The molecule has 0 fully saturated rings. The van der Waals surface area contributed by atoms with Gasteiger partial charge in [-0.3, -0.25) is 10.2 Å². The number of carbonyl (C=O) groups is 1. The Morgan fingerprint density at radius 1 is 1.35 bits per heavy atom. The first kappa shape index (κ1) is 14.3. The zero-order valence-electron chi connectivity index (χ0n) is 10.7. The highest BCUT2D eigenvalue weighted by molar-refractivity contribution is 6.30. The normalized spacial score (nSPS) is 10.4. The summed E-state index contributed by atoms with van der Waals surface area (Å²) < 4.78 is 1.50. The molecule has 0 unspecified atom stereocenters. The van der Waals surface area contributed by atoms with Crippen LogP contribution in [0.25, 0.3) is 11.3 Å². The predicted octanol–water partition coefficient (Wildman–Crippen LogP) is 2.55. The molecule has 20 heavy (non-hydrogen) atoms. The molecule has 0 atom stereocenters. The summed E-state index contributed by atoms with van der Waals surface area (Å²) in [6.45, 7) is 0.402. The van der Waals surface area contributed by atoms with Crippen molar-refractivity contribution in [1.29, 1.82) is 5.41 Å². The molecule has 1 heterocycles. The van der Waals surface area contributed by atoms with E-state index in [1.165, 1.54) is 4.68 Å². The lowest BCUT2D eigenvalue weighted by atomic mass is 10.1. The van der Waals surface area contributed by atoms with Crippen LogP contribution in [0, 0.1) is 5.41 Å². The van der Waals surface area contributed by atoms with Gasteiger partial charge in [0.05, 0.1) is 5.69 Å². The summed E-state index contributed by atoms with van der Waals surface area (Å²) in [5.74, 6) is -0.844. The third-order valence-corrected chi connectivity index (χ3v) is 3.02. The SMILES string of the molecule is N=c1ccc(-c2cccc(Cl)c2)nn1CCCC(=O)O. The van der Waals surface area contributed by atoms with Gasteiger partial charge < -0.3 is 5.11 Å². The van der Waals surface area contributed by atoms with Gasteiger partial charge in [0, 0.05) is 23.6 Å². The lowest BCUT2D eigenvalue weighted by Crippen LogP contribution is -2.22. The zero-order valence-corrected chi connectivity index (χ0v) is 11.5. The molecule has 0 aliphatic rings. The summed E-state index contributed by atoms with van der Waals surface area (Å²) in [6.07, 6.45) is 0.507. The van der Waals surface area contributed by atoms with Gasteiger partial charge in [0.1, 0.15) is 5.49 Å². The van der Waals surface area contributed by atoms with Crippen molar-refractivity contribution in [2.45, 2.75) is 19.4 Å². The lowest BCUT2D eigenvalue weighted by molar-refractivity contribution is -0.137. The minimum atomic E-state index is -0.844. The smallest absolute Gasteiger partial charge is 0.303 e. The zero-order chi connectivity index (χ0) is 14.5. The Bertz CT molecular complexity index is 682. The Morgan fingerprint density at radius 2 is 2.15 bits per heavy atom. The highest BCUT2D eigenvalue weighted by Crippen LogP contribution is 2.19. The Hall–Kier alpha value is -2.14. The molecule has 2 rings (SSSR count). The first-order valence-electron chi connectivity index (χ1n) is 6.17. The number of rotatable bonds is 5. The van der Waals surface area contributed by atoms with Crippen LogP contribution >= 0.6 is 11.6 Å². The highest BCUT2D eigenvalue weighted by Gasteiger charge is 2.04. The van der Waals surface area contributed by atoms with Crippen LogP contribution in [0.3, 0.4) is 0 Å². The maximum Gasteiger partial charge on any atom is 0.303 e. The van der Waals surface area contributed by atoms with Crippen LogP contribution in [0.1, 0.15) is 12.8 Å². The fraction of sp³-hybridized carbons (Fsp3) is 0.214. The number of aromatic nitrogens is 2. The number of aliphatic carboxylic acids is 1. The van der Waals surface area contributed by atoms with E-state index in [1.807, 2.05) is 12.1 Å². The van der Waals surface area contributed by atoms with E-state index in [-0.39, 0.29) is 11.9 Å². The molecule has 0 bridgehead atoms. The molecule has 0 saturated carbocycles. The number of nitrogens with zero attached hydrogens (tertiary/aromatic N) is 2. The van der Waals surface area contributed by atoms with E-state index in [4.69, 9.17) is 22.1 Å². The maximum atomic E-state index is 10.5. The van der Waals surface area contributed by atoms with Gasteiger partial charge in [0.25, 0.3) is 0 Å². The molecule has 1 aromatic heterocycles. The van der Waals surface area contributed by atoms with Crippen molar-refractivity contribution < 1.29 is 9.90 Å². The van der Waals surface area contributed by atoms with Gasteiger partial charge in [-0.05, 0) is 30.7 Å². The predicted molar refractivity (Wildman–Crippen MR) is 75.4 cm³/mol. The molecule has 0 aliphatic carbocycles. The Kier molecular flexibility index (Phi) is 4.53. The molecule has 0 radical (unpaired) electrons. The van der Waals surface area contributed by atoms with Crippen molar-refractivity contribution in [3.8, 4) is 11.3 Å². The Balaban J connectivity index is 2.24. The quantitative estimate of drug-likeness (QED) is 0.888. The second-order valence-electron chi connectivity index (χ2n) is 4.33. The van der Waals surface area contributed by atoms with Gasteiger partial charge in [-0.1, -0.05) is 23.7 Å². The molecule has 0 aliphatic heterocycles. The van der Waals surface area contributed by atoms with Crippen LogP contribution in [0.4, 0.5) is 0 Å². The standard InChI is InChI=1S/C14H14ClN3O2/c15-11-4-1-3-10(9-11)12-6-7-13(16)18(17-12)8-2-5-14(19)20/h1,3-4,6-7,9,16H,2,5,8H2,(H,19,20). The highest BCUT2D eigenvalue weighted by atomic mass is 35.5. The van der Waals surface area contributed by atoms with Gasteiger partial charge in [0.15, 0.2) is 0 Å². The maximum absolute atomic E-state index is 10.5. The van der Waals surface area contributed by atoms with E-state index < -0.39 is 5.97 Å². The number of halogens is 1. The Morgan fingerprint density at radius 3 is 2.85 bits per heavy atom. The number of carboxylic acids is 1. The molecular weight excluding hydrogens is 278 g/mol. The molecule has 5 nitrogen and oxygen atoms in total. The van der Waals surface area contributed by atoms with E-state index in [0.717, 1.165) is 5.56 Å². The van der Waals surface area contributed by atoms with Gasteiger partial charge >= 0.3 is 5.97 Å². The molecule has 0 amide bonds. The van der Waals surface area contributed by atoms with E-state index in [0.29, 0.717) is 23.7 Å². The molecule has 6 heteroatoms. The number of nitrogens with one attached hydrogen (secondary N) is 1. The van der Waals surface area contributed by atoms with Gasteiger partial charge in [0.2, 0.25) is 0 Å². The fourth-order valence-corrected chi connectivity index (χ4v) is 2.00.